The molecule has 9 heteroatoms. The quantitative estimate of drug-likeness (QED) is 0.632. The molecule has 112 valence electrons. The highest BCUT2D eigenvalue weighted by Crippen LogP contribution is 2.37. The van der Waals surface area contributed by atoms with Crippen molar-refractivity contribution >= 4 is 60.5 Å². The Morgan fingerprint density at radius 2 is 1.90 bits per heavy atom. The largest absolute Gasteiger partial charge is 0.418 e. The van der Waals surface area contributed by atoms with Gasteiger partial charge in [-0.2, -0.15) is 13.2 Å². The van der Waals surface area contributed by atoms with E-state index in [0.717, 1.165) is 23.5 Å². The van der Waals surface area contributed by atoms with Gasteiger partial charge in [-0.3, -0.25) is 4.79 Å². The molecule has 1 heterocycles. The Hall–Kier alpha value is -1.06. The summed E-state index contributed by atoms with van der Waals surface area (Å²) in [7, 11) is 0. The van der Waals surface area contributed by atoms with Gasteiger partial charge in [0.05, 0.1) is 19.9 Å². The third kappa shape index (κ3) is 3.78. The number of nitrogens with one attached hydrogen (secondary N) is 1. The summed E-state index contributed by atoms with van der Waals surface area (Å²) in [6.45, 7) is 0. The molecule has 1 aromatic heterocycles. The lowest BCUT2D eigenvalue weighted by atomic mass is 10.1. The van der Waals surface area contributed by atoms with Crippen molar-refractivity contribution in [1.82, 2.24) is 0 Å². The normalized spacial score (nSPS) is 11.5. The van der Waals surface area contributed by atoms with Crippen molar-refractivity contribution in [3.05, 3.63) is 43.0 Å². The van der Waals surface area contributed by atoms with Gasteiger partial charge in [-0.25, -0.2) is 0 Å². The number of carbonyl (C=O) groups is 1. The molecule has 0 bridgehead atoms. The van der Waals surface area contributed by atoms with Crippen LogP contribution in [0.2, 0.25) is 0 Å². The molecule has 0 aliphatic heterocycles. The first-order valence-corrected chi connectivity index (χ1v) is 7.81. The van der Waals surface area contributed by atoms with E-state index in [1.807, 2.05) is 0 Å². The summed E-state index contributed by atoms with van der Waals surface area (Å²) in [6, 6.07) is 4.74. The Balaban J connectivity index is 2.33. The number of benzene rings is 1. The summed E-state index contributed by atoms with van der Waals surface area (Å²) in [6.07, 6.45) is -4.60. The molecule has 1 aromatic carbocycles. The van der Waals surface area contributed by atoms with Gasteiger partial charge < -0.3 is 11.1 Å². The van der Waals surface area contributed by atoms with E-state index in [-0.39, 0.29) is 16.3 Å². The van der Waals surface area contributed by atoms with Crippen molar-refractivity contribution in [1.29, 1.82) is 0 Å². The maximum atomic E-state index is 12.9. The molecule has 1 amide bonds. The Morgan fingerprint density at radius 3 is 2.43 bits per heavy atom. The van der Waals surface area contributed by atoms with Crippen LogP contribution in [0.4, 0.5) is 24.5 Å². The van der Waals surface area contributed by atoms with Crippen LogP contribution in [0.3, 0.4) is 0 Å². The molecule has 0 atom stereocenters. The molecule has 0 unspecified atom stereocenters. The van der Waals surface area contributed by atoms with Gasteiger partial charge in [0.25, 0.3) is 5.91 Å². The van der Waals surface area contributed by atoms with Gasteiger partial charge in [0.1, 0.15) is 0 Å². The van der Waals surface area contributed by atoms with Crippen molar-refractivity contribution in [2.45, 2.75) is 6.18 Å². The summed E-state index contributed by atoms with van der Waals surface area (Å²) >= 11 is 7.54. The van der Waals surface area contributed by atoms with E-state index in [2.05, 4.69) is 37.2 Å². The molecule has 0 fully saturated rings. The monoisotopic (exact) mass is 442 g/mol. The topological polar surface area (TPSA) is 55.1 Å². The van der Waals surface area contributed by atoms with E-state index >= 15 is 0 Å². The predicted octanol–water partition coefficient (Wildman–Crippen LogP) is 5.13. The molecule has 0 spiro atoms. The number of rotatable bonds is 2. The van der Waals surface area contributed by atoms with Gasteiger partial charge in [0.2, 0.25) is 0 Å². The van der Waals surface area contributed by atoms with E-state index in [0.29, 0.717) is 8.26 Å². The number of nitrogens with two attached hydrogens (primary N) is 1. The van der Waals surface area contributed by atoms with Gasteiger partial charge in [-0.1, -0.05) is 0 Å². The fourth-order valence-electron chi connectivity index (χ4n) is 1.55. The highest BCUT2D eigenvalue weighted by atomic mass is 79.9. The molecular weight excluding hydrogens is 437 g/mol. The van der Waals surface area contributed by atoms with Gasteiger partial charge in [0.15, 0.2) is 0 Å². The minimum Gasteiger partial charge on any atom is -0.399 e. The van der Waals surface area contributed by atoms with Crippen molar-refractivity contribution in [2.24, 2.45) is 0 Å². The minimum absolute atomic E-state index is 0.0260. The molecule has 0 radical (unpaired) electrons. The maximum absolute atomic E-state index is 12.9. The lowest BCUT2D eigenvalue weighted by molar-refractivity contribution is -0.136. The molecule has 0 saturated heterocycles. The lowest BCUT2D eigenvalue weighted by Crippen LogP contribution is -2.16. The van der Waals surface area contributed by atoms with E-state index in [9.17, 15) is 18.0 Å². The van der Waals surface area contributed by atoms with Crippen molar-refractivity contribution < 1.29 is 18.0 Å². The number of anilines is 2. The maximum Gasteiger partial charge on any atom is 0.418 e. The molecule has 0 aliphatic carbocycles. The second-order valence-electron chi connectivity index (χ2n) is 3.99. The smallest absolute Gasteiger partial charge is 0.399 e. The zero-order valence-electron chi connectivity index (χ0n) is 10.1. The van der Waals surface area contributed by atoms with Crippen LogP contribution in [0.1, 0.15) is 15.2 Å². The Morgan fingerprint density at radius 1 is 1.24 bits per heavy atom. The number of halogens is 5. The van der Waals surface area contributed by atoms with Crippen LogP contribution in [0.25, 0.3) is 0 Å². The van der Waals surface area contributed by atoms with Crippen molar-refractivity contribution in [2.75, 3.05) is 11.1 Å². The zero-order valence-corrected chi connectivity index (χ0v) is 14.1. The SMILES string of the molecule is Nc1ccc(NC(=O)c2cc(Br)c(Br)s2)c(C(F)(F)F)c1. The molecular formula is C12H7Br2F3N2OS. The first-order valence-electron chi connectivity index (χ1n) is 5.41. The van der Waals surface area contributed by atoms with E-state index in [1.165, 1.54) is 12.1 Å². The summed E-state index contributed by atoms with van der Waals surface area (Å²) in [5.74, 6) is -0.623. The Labute approximate surface area is 138 Å². The second kappa shape index (κ2) is 5.98. The molecule has 2 aromatic rings. The number of thiophene rings is 1. The molecule has 21 heavy (non-hydrogen) atoms. The van der Waals surface area contributed by atoms with E-state index < -0.39 is 17.6 Å². The van der Waals surface area contributed by atoms with Gasteiger partial charge in [0, 0.05) is 10.2 Å². The van der Waals surface area contributed by atoms with E-state index in [4.69, 9.17) is 5.73 Å². The number of alkyl halides is 3. The standard InChI is InChI=1S/C12H7Br2F3N2OS/c13-7-4-9(21-10(7)14)11(20)19-8-2-1-5(18)3-6(8)12(15,16)17/h1-4H,18H2,(H,19,20). The summed E-state index contributed by atoms with van der Waals surface area (Å²) in [5.41, 5.74) is 4.03. The number of carbonyl (C=O) groups excluding carboxylic acids is 1. The third-order valence-electron chi connectivity index (χ3n) is 2.47. The average molecular weight is 444 g/mol. The highest BCUT2D eigenvalue weighted by Gasteiger charge is 2.34. The van der Waals surface area contributed by atoms with Crippen LogP contribution in [-0.2, 0) is 6.18 Å². The summed E-state index contributed by atoms with van der Waals surface area (Å²) < 4.78 is 40.1. The molecule has 3 nitrogen and oxygen atoms in total. The number of nitrogen functional groups attached to an aromatic ring is 1. The second-order valence-corrected chi connectivity index (χ2v) is 7.21. The predicted molar refractivity (Wildman–Crippen MR) is 83.5 cm³/mol. The van der Waals surface area contributed by atoms with Crippen LogP contribution >= 0.6 is 43.2 Å². The fourth-order valence-corrected chi connectivity index (χ4v) is 3.48. The molecule has 0 aliphatic rings. The number of hydrogen-bond donors (Lipinski definition) is 2. The van der Waals surface area contributed by atoms with Gasteiger partial charge >= 0.3 is 6.18 Å². The number of hydrogen-bond acceptors (Lipinski definition) is 3. The number of amides is 1. The lowest BCUT2D eigenvalue weighted by Gasteiger charge is -2.14. The van der Waals surface area contributed by atoms with Crippen molar-refractivity contribution in [3.8, 4) is 0 Å². The van der Waals surface area contributed by atoms with Crippen LogP contribution < -0.4 is 11.1 Å². The van der Waals surface area contributed by atoms with Crippen LogP contribution in [0.5, 0.6) is 0 Å². The molecule has 0 saturated carbocycles. The Bertz CT molecular complexity index is 681. The van der Waals surface area contributed by atoms with Crippen molar-refractivity contribution in [3.63, 3.8) is 0 Å². The molecule has 2 rings (SSSR count). The summed E-state index contributed by atoms with van der Waals surface area (Å²) in [5, 5.41) is 2.26. The summed E-state index contributed by atoms with van der Waals surface area (Å²) in [4.78, 5) is 12.3. The van der Waals surface area contributed by atoms with Crippen LogP contribution in [-0.4, -0.2) is 5.91 Å². The van der Waals surface area contributed by atoms with Gasteiger partial charge in [-0.05, 0) is 56.1 Å². The van der Waals surface area contributed by atoms with Gasteiger partial charge in [-0.15, -0.1) is 11.3 Å². The minimum atomic E-state index is -4.60. The van der Waals surface area contributed by atoms with E-state index in [1.54, 1.807) is 0 Å². The Kier molecular flexibility index (Phi) is 4.64. The highest BCUT2D eigenvalue weighted by molar-refractivity contribution is 9.13. The fraction of sp³-hybridized carbons (Fsp3) is 0.0833. The van der Waals surface area contributed by atoms with Crippen LogP contribution in [0.15, 0.2) is 32.5 Å². The average Bonchev–Trinajstić information content (AvgIpc) is 2.71. The first kappa shape index (κ1) is 16.3. The zero-order chi connectivity index (χ0) is 15.8. The molecule has 3 N–H and O–H groups in total. The third-order valence-corrected chi connectivity index (χ3v) is 5.72. The first-order chi connectivity index (χ1) is 9.68. The van der Waals surface area contributed by atoms with Crippen LogP contribution in [0, 0.1) is 0 Å².